The van der Waals surface area contributed by atoms with E-state index in [0.717, 1.165) is 12.8 Å². The Morgan fingerprint density at radius 2 is 1.80 bits per heavy atom. The number of aliphatic hydroxyl groups excluding tert-OH is 1. The first-order valence-corrected chi connectivity index (χ1v) is 3.68. The predicted octanol–water partition coefficient (Wildman–Crippen LogP) is 1.80. The fourth-order valence-corrected chi connectivity index (χ4v) is 1.43. The molecule has 0 aliphatic heterocycles. The van der Waals surface area contributed by atoms with Crippen LogP contribution in [0.25, 0.3) is 0 Å². The molecule has 0 heterocycles. The first kappa shape index (κ1) is 7.92. The number of hydrogen-bond acceptors (Lipinski definition) is 1. The standard InChI is InChI=1S/C7H12F2O/c8-7(9)5-3-1-2-4-6(5)10/h5-7,10H,1-4H2/t5?,6-/m0/s1. The van der Waals surface area contributed by atoms with E-state index in [1.54, 1.807) is 0 Å². The van der Waals surface area contributed by atoms with Gasteiger partial charge in [-0.15, -0.1) is 0 Å². The van der Waals surface area contributed by atoms with E-state index in [-0.39, 0.29) is 0 Å². The fraction of sp³-hybridized carbons (Fsp3) is 1.00. The van der Waals surface area contributed by atoms with Gasteiger partial charge in [0, 0.05) is 5.92 Å². The van der Waals surface area contributed by atoms with Crippen LogP contribution in [-0.4, -0.2) is 17.6 Å². The molecule has 0 spiro atoms. The molecule has 1 N–H and O–H groups in total. The minimum absolute atomic E-state index is 0.485. The Balaban J connectivity index is 2.40. The molecule has 1 nitrogen and oxygen atoms in total. The molecule has 0 aromatic rings. The van der Waals surface area contributed by atoms with E-state index >= 15 is 0 Å². The Labute approximate surface area is 59.0 Å². The molecular formula is C7H12F2O. The van der Waals surface area contributed by atoms with Gasteiger partial charge in [0.15, 0.2) is 0 Å². The molecule has 2 atom stereocenters. The highest BCUT2D eigenvalue weighted by Crippen LogP contribution is 2.28. The number of alkyl halides is 2. The summed E-state index contributed by atoms with van der Waals surface area (Å²) in [5, 5.41) is 9.06. The Hall–Kier alpha value is -0.180. The van der Waals surface area contributed by atoms with E-state index in [1.807, 2.05) is 0 Å². The van der Waals surface area contributed by atoms with E-state index in [1.165, 1.54) is 0 Å². The second kappa shape index (κ2) is 3.28. The van der Waals surface area contributed by atoms with Crippen LogP contribution in [-0.2, 0) is 0 Å². The molecule has 0 aromatic carbocycles. The third-order valence-electron chi connectivity index (χ3n) is 2.11. The van der Waals surface area contributed by atoms with Gasteiger partial charge in [-0.2, -0.15) is 0 Å². The van der Waals surface area contributed by atoms with Crippen LogP contribution in [0.5, 0.6) is 0 Å². The van der Waals surface area contributed by atoms with Gasteiger partial charge in [-0.25, -0.2) is 8.78 Å². The Bertz CT molecular complexity index is 106. The molecule has 0 bridgehead atoms. The minimum atomic E-state index is -2.34. The summed E-state index contributed by atoms with van der Waals surface area (Å²) < 4.78 is 24.0. The first-order chi connectivity index (χ1) is 4.72. The molecular weight excluding hydrogens is 138 g/mol. The highest BCUT2D eigenvalue weighted by molar-refractivity contribution is 4.75. The number of hydrogen-bond donors (Lipinski definition) is 1. The van der Waals surface area contributed by atoms with E-state index in [4.69, 9.17) is 5.11 Å². The summed E-state index contributed by atoms with van der Waals surface area (Å²) in [4.78, 5) is 0. The molecule has 1 aliphatic rings. The number of halogens is 2. The van der Waals surface area contributed by atoms with Crippen molar-refractivity contribution in [1.29, 1.82) is 0 Å². The summed E-state index contributed by atoms with van der Waals surface area (Å²) >= 11 is 0. The van der Waals surface area contributed by atoms with Crippen LogP contribution in [0.1, 0.15) is 25.7 Å². The van der Waals surface area contributed by atoms with Crippen LogP contribution >= 0.6 is 0 Å². The SMILES string of the molecule is O[C@H]1CCCCC1C(F)F. The summed E-state index contributed by atoms with van der Waals surface area (Å²) in [6, 6.07) is 0. The number of rotatable bonds is 1. The van der Waals surface area contributed by atoms with Crippen LogP contribution in [0.15, 0.2) is 0 Å². The van der Waals surface area contributed by atoms with Crippen molar-refractivity contribution in [2.24, 2.45) is 5.92 Å². The predicted molar refractivity (Wildman–Crippen MR) is 34.0 cm³/mol. The van der Waals surface area contributed by atoms with Gasteiger partial charge in [0.25, 0.3) is 0 Å². The summed E-state index contributed by atoms with van der Waals surface area (Å²) in [5.41, 5.74) is 0. The fourth-order valence-electron chi connectivity index (χ4n) is 1.43. The van der Waals surface area contributed by atoms with Gasteiger partial charge in [-0.05, 0) is 12.8 Å². The van der Waals surface area contributed by atoms with Gasteiger partial charge in [0.05, 0.1) is 6.10 Å². The zero-order chi connectivity index (χ0) is 7.56. The minimum Gasteiger partial charge on any atom is -0.393 e. The molecule has 1 saturated carbocycles. The Morgan fingerprint density at radius 3 is 2.20 bits per heavy atom. The molecule has 0 aromatic heterocycles. The van der Waals surface area contributed by atoms with Crippen molar-refractivity contribution in [2.75, 3.05) is 0 Å². The van der Waals surface area contributed by atoms with Crippen molar-refractivity contribution < 1.29 is 13.9 Å². The molecule has 1 rings (SSSR count). The first-order valence-electron chi connectivity index (χ1n) is 3.68. The van der Waals surface area contributed by atoms with Crippen molar-refractivity contribution in [3.05, 3.63) is 0 Å². The summed E-state index contributed by atoms with van der Waals surface area (Å²) in [5.74, 6) is -0.756. The maximum atomic E-state index is 12.0. The maximum absolute atomic E-state index is 12.0. The third kappa shape index (κ3) is 1.66. The second-order valence-corrected chi connectivity index (χ2v) is 2.85. The Morgan fingerprint density at radius 1 is 1.20 bits per heavy atom. The lowest BCUT2D eigenvalue weighted by atomic mass is 9.87. The van der Waals surface area contributed by atoms with Crippen molar-refractivity contribution in [3.63, 3.8) is 0 Å². The molecule has 60 valence electrons. The molecule has 1 aliphatic carbocycles. The Kier molecular flexibility index (Phi) is 2.60. The summed E-state index contributed by atoms with van der Waals surface area (Å²) in [6.45, 7) is 0. The largest absolute Gasteiger partial charge is 0.393 e. The summed E-state index contributed by atoms with van der Waals surface area (Å²) in [6.07, 6.45) is -0.325. The van der Waals surface area contributed by atoms with E-state index in [2.05, 4.69) is 0 Å². The zero-order valence-corrected chi connectivity index (χ0v) is 5.76. The normalized spacial score (nSPS) is 34.8. The van der Waals surface area contributed by atoms with Crippen LogP contribution in [0.4, 0.5) is 8.78 Å². The topological polar surface area (TPSA) is 20.2 Å². The lowest BCUT2D eigenvalue weighted by Gasteiger charge is -2.26. The molecule has 0 saturated heterocycles. The van der Waals surface area contributed by atoms with Crippen LogP contribution in [0, 0.1) is 5.92 Å². The molecule has 10 heavy (non-hydrogen) atoms. The molecule has 0 amide bonds. The van der Waals surface area contributed by atoms with Crippen molar-refractivity contribution in [1.82, 2.24) is 0 Å². The van der Waals surface area contributed by atoms with E-state index in [0.29, 0.717) is 12.8 Å². The van der Waals surface area contributed by atoms with Crippen LogP contribution in [0.3, 0.4) is 0 Å². The van der Waals surface area contributed by atoms with Gasteiger partial charge in [0.1, 0.15) is 0 Å². The van der Waals surface area contributed by atoms with Gasteiger partial charge in [-0.1, -0.05) is 12.8 Å². The highest BCUT2D eigenvalue weighted by Gasteiger charge is 2.30. The third-order valence-corrected chi connectivity index (χ3v) is 2.11. The van der Waals surface area contributed by atoms with Crippen LogP contribution < -0.4 is 0 Å². The number of aliphatic hydroxyl groups is 1. The van der Waals surface area contributed by atoms with Gasteiger partial charge < -0.3 is 5.11 Å². The lowest BCUT2D eigenvalue weighted by molar-refractivity contribution is -0.0301. The molecule has 3 heteroatoms. The average Bonchev–Trinajstić information content (AvgIpc) is 1.88. The quantitative estimate of drug-likeness (QED) is 0.604. The van der Waals surface area contributed by atoms with Crippen molar-refractivity contribution in [2.45, 2.75) is 38.2 Å². The molecule has 0 radical (unpaired) electrons. The van der Waals surface area contributed by atoms with E-state index < -0.39 is 18.4 Å². The molecule has 1 unspecified atom stereocenters. The highest BCUT2D eigenvalue weighted by atomic mass is 19.3. The average molecular weight is 150 g/mol. The molecule has 1 fully saturated rings. The lowest BCUT2D eigenvalue weighted by Crippen LogP contribution is -2.29. The monoisotopic (exact) mass is 150 g/mol. The zero-order valence-electron chi connectivity index (χ0n) is 5.76. The second-order valence-electron chi connectivity index (χ2n) is 2.85. The van der Waals surface area contributed by atoms with E-state index in [9.17, 15) is 8.78 Å². The van der Waals surface area contributed by atoms with Gasteiger partial charge in [-0.3, -0.25) is 0 Å². The van der Waals surface area contributed by atoms with Crippen molar-refractivity contribution >= 4 is 0 Å². The van der Waals surface area contributed by atoms with Crippen molar-refractivity contribution in [3.8, 4) is 0 Å². The van der Waals surface area contributed by atoms with Crippen LogP contribution in [0.2, 0.25) is 0 Å². The smallest absolute Gasteiger partial charge is 0.243 e. The maximum Gasteiger partial charge on any atom is 0.243 e. The van der Waals surface area contributed by atoms with Gasteiger partial charge >= 0.3 is 0 Å². The summed E-state index contributed by atoms with van der Waals surface area (Å²) in [7, 11) is 0. The van der Waals surface area contributed by atoms with Gasteiger partial charge in [0.2, 0.25) is 6.43 Å².